The number of fused-ring (bicyclic) bond motifs is 1. The zero-order chi connectivity index (χ0) is 21.2. The third-order valence-corrected chi connectivity index (χ3v) is 5.71. The quantitative estimate of drug-likeness (QED) is 0.515. The van der Waals surface area contributed by atoms with Crippen LogP contribution in [-0.2, 0) is 0 Å². The molecule has 1 atom stereocenters. The smallest absolute Gasteiger partial charge is 0.253 e. The Kier molecular flexibility index (Phi) is 5.00. The second kappa shape index (κ2) is 8.10. The van der Waals surface area contributed by atoms with E-state index in [4.69, 9.17) is 0 Å². The first-order valence-corrected chi connectivity index (χ1v) is 10.3. The van der Waals surface area contributed by atoms with Crippen molar-refractivity contribution in [2.45, 2.75) is 13.0 Å². The van der Waals surface area contributed by atoms with Crippen LogP contribution in [0.1, 0.15) is 17.3 Å². The van der Waals surface area contributed by atoms with Gasteiger partial charge in [0, 0.05) is 60.0 Å². The van der Waals surface area contributed by atoms with Gasteiger partial charge in [-0.3, -0.25) is 4.79 Å². The summed E-state index contributed by atoms with van der Waals surface area (Å²) in [5, 5.41) is 11.2. The minimum Gasteiger partial charge on any atom is -0.348 e. The highest BCUT2D eigenvalue weighted by atomic mass is 16.2. The van der Waals surface area contributed by atoms with Gasteiger partial charge >= 0.3 is 0 Å². The maximum atomic E-state index is 12.9. The van der Waals surface area contributed by atoms with Gasteiger partial charge in [0.05, 0.1) is 0 Å². The standard InChI is InChI=1S/C24H22N6O/c1-17-15-29(24(31)18-7-3-2-4-8-18)11-12-30(17)23-21-10-6-5-9-20(21)22(27-28-23)19-13-25-16-26-14-19/h2-10,13-14,16-17H,11-12,15H2,1H3/t17-/m1/s1. The van der Waals surface area contributed by atoms with E-state index in [0.29, 0.717) is 19.6 Å². The molecule has 31 heavy (non-hydrogen) atoms. The van der Waals surface area contributed by atoms with Crippen molar-refractivity contribution in [3.05, 3.63) is 78.9 Å². The van der Waals surface area contributed by atoms with Crippen molar-refractivity contribution in [2.24, 2.45) is 0 Å². The molecule has 0 aliphatic carbocycles. The average Bonchev–Trinajstić information content (AvgIpc) is 2.84. The molecule has 1 aliphatic rings. The van der Waals surface area contributed by atoms with E-state index in [1.807, 2.05) is 47.4 Å². The van der Waals surface area contributed by atoms with E-state index in [-0.39, 0.29) is 11.9 Å². The Hall–Kier alpha value is -3.87. The van der Waals surface area contributed by atoms with Gasteiger partial charge in [0.25, 0.3) is 5.91 Å². The van der Waals surface area contributed by atoms with Crippen LogP contribution in [0.15, 0.2) is 73.3 Å². The van der Waals surface area contributed by atoms with Crippen molar-refractivity contribution in [2.75, 3.05) is 24.5 Å². The molecule has 0 N–H and O–H groups in total. The van der Waals surface area contributed by atoms with Gasteiger partial charge in [0.2, 0.25) is 0 Å². The van der Waals surface area contributed by atoms with Crippen LogP contribution in [-0.4, -0.2) is 56.6 Å². The molecular formula is C24H22N6O. The summed E-state index contributed by atoms with van der Waals surface area (Å²) < 4.78 is 0. The lowest BCUT2D eigenvalue weighted by atomic mass is 10.1. The van der Waals surface area contributed by atoms with Gasteiger partial charge in [0.1, 0.15) is 12.0 Å². The van der Waals surface area contributed by atoms with Crippen LogP contribution in [0.25, 0.3) is 22.0 Å². The van der Waals surface area contributed by atoms with Gasteiger partial charge in [-0.25, -0.2) is 9.97 Å². The molecule has 0 radical (unpaired) electrons. The SMILES string of the molecule is C[C@@H]1CN(C(=O)c2ccccc2)CCN1c1nnc(-c2cncnc2)c2ccccc12. The Morgan fingerprint density at radius 3 is 2.35 bits per heavy atom. The van der Waals surface area contributed by atoms with Crippen LogP contribution in [0.2, 0.25) is 0 Å². The van der Waals surface area contributed by atoms with Crippen molar-refractivity contribution in [3.63, 3.8) is 0 Å². The Bertz CT molecular complexity index is 1210. The number of rotatable bonds is 3. The first kappa shape index (κ1) is 19.1. The molecule has 3 heterocycles. The van der Waals surface area contributed by atoms with E-state index in [1.165, 1.54) is 6.33 Å². The molecule has 4 aromatic rings. The molecule has 7 nitrogen and oxygen atoms in total. The van der Waals surface area contributed by atoms with Gasteiger partial charge in [0.15, 0.2) is 5.82 Å². The first-order chi connectivity index (χ1) is 15.2. The number of nitrogens with zero attached hydrogens (tertiary/aromatic N) is 6. The number of hydrogen-bond acceptors (Lipinski definition) is 6. The summed E-state index contributed by atoms with van der Waals surface area (Å²) in [5.74, 6) is 0.915. The molecule has 2 aromatic heterocycles. The van der Waals surface area contributed by atoms with Crippen molar-refractivity contribution < 1.29 is 4.79 Å². The van der Waals surface area contributed by atoms with Gasteiger partial charge < -0.3 is 9.80 Å². The molecular weight excluding hydrogens is 388 g/mol. The number of aromatic nitrogens is 4. The lowest BCUT2D eigenvalue weighted by Gasteiger charge is -2.40. The van der Waals surface area contributed by atoms with Crippen LogP contribution >= 0.6 is 0 Å². The van der Waals surface area contributed by atoms with Gasteiger partial charge in [-0.15, -0.1) is 10.2 Å². The summed E-state index contributed by atoms with van der Waals surface area (Å²) in [4.78, 5) is 25.3. The van der Waals surface area contributed by atoms with Crippen molar-refractivity contribution in [3.8, 4) is 11.3 Å². The summed E-state index contributed by atoms with van der Waals surface area (Å²) in [6, 6.07) is 17.7. The number of benzene rings is 2. The topological polar surface area (TPSA) is 75.1 Å². The number of hydrogen-bond donors (Lipinski definition) is 0. The van der Waals surface area contributed by atoms with Crippen LogP contribution in [0.4, 0.5) is 5.82 Å². The third kappa shape index (κ3) is 3.59. The Balaban J connectivity index is 1.45. The van der Waals surface area contributed by atoms with E-state index in [9.17, 15) is 4.79 Å². The molecule has 0 unspecified atom stereocenters. The zero-order valence-electron chi connectivity index (χ0n) is 17.2. The number of amides is 1. The average molecular weight is 410 g/mol. The maximum Gasteiger partial charge on any atom is 0.253 e. The number of anilines is 1. The lowest BCUT2D eigenvalue weighted by Crippen LogP contribution is -2.54. The summed E-state index contributed by atoms with van der Waals surface area (Å²) in [7, 11) is 0. The second-order valence-electron chi connectivity index (χ2n) is 7.70. The third-order valence-electron chi connectivity index (χ3n) is 5.71. The number of carbonyl (C=O) groups excluding carboxylic acids is 1. The Morgan fingerprint density at radius 1 is 0.903 bits per heavy atom. The number of carbonyl (C=O) groups is 1. The fourth-order valence-electron chi connectivity index (χ4n) is 4.16. The largest absolute Gasteiger partial charge is 0.348 e. The van der Waals surface area contributed by atoms with Crippen molar-refractivity contribution >= 4 is 22.5 Å². The van der Waals surface area contributed by atoms with Crippen LogP contribution < -0.4 is 4.90 Å². The van der Waals surface area contributed by atoms with Crippen LogP contribution in [0.5, 0.6) is 0 Å². The lowest BCUT2D eigenvalue weighted by molar-refractivity contribution is 0.0726. The van der Waals surface area contributed by atoms with Gasteiger partial charge in [-0.05, 0) is 19.1 Å². The molecule has 7 heteroatoms. The maximum absolute atomic E-state index is 12.9. The van der Waals surface area contributed by atoms with Crippen LogP contribution in [0.3, 0.4) is 0 Å². The highest BCUT2D eigenvalue weighted by Crippen LogP contribution is 2.32. The highest BCUT2D eigenvalue weighted by molar-refractivity contribution is 6.00. The molecule has 0 saturated carbocycles. The first-order valence-electron chi connectivity index (χ1n) is 10.3. The van der Waals surface area contributed by atoms with Crippen LogP contribution in [0, 0.1) is 0 Å². The summed E-state index contributed by atoms with van der Waals surface area (Å²) >= 11 is 0. The molecule has 154 valence electrons. The molecule has 1 saturated heterocycles. The van der Waals surface area contributed by atoms with E-state index >= 15 is 0 Å². The number of piperazine rings is 1. The molecule has 0 bridgehead atoms. The molecule has 2 aromatic carbocycles. The summed E-state index contributed by atoms with van der Waals surface area (Å²) in [6.07, 6.45) is 5.00. The minimum absolute atomic E-state index is 0.0717. The zero-order valence-corrected chi connectivity index (χ0v) is 17.2. The Labute approximate surface area is 180 Å². The molecule has 1 amide bonds. The monoisotopic (exact) mass is 410 g/mol. The van der Waals surface area contributed by atoms with E-state index in [0.717, 1.165) is 33.4 Å². The fraction of sp³-hybridized carbons (Fsp3) is 0.208. The Morgan fingerprint density at radius 2 is 1.61 bits per heavy atom. The predicted molar refractivity (Wildman–Crippen MR) is 120 cm³/mol. The highest BCUT2D eigenvalue weighted by Gasteiger charge is 2.29. The molecule has 1 aliphatic heterocycles. The summed E-state index contributed by atoms with van der Waals surface area (Å²) in [5.41, 5.74) is 2.33. The van der Waals surface area contributed by atoms with Gasteiger partial charge in [-0.1, -0.05) is 42.5 Å². The predicted octanol–water partition coefficient (Wildman–Crippen LogP) is 3.44. The van der Waals surface area contributed by atoms with Crippen molar-refractivity contribution in [1.29, 1.82) is 0 Å². The fourth-order valence-corrected chi connectivity index (χ4v) is 4.16. The summed E-state index contributed by atoms with van der Waals surface area (Å²) in [6.45, 7) is 4.10. The van der Waals surface area contributed by atoms with Gasteiger partial charge in [-0.2, -0.15) is 0 Å². The van der Waals surface area contributed by atoms with E-state index in [1.54, 1.807) is 12.4 Å². The minimum atomic E-state index is 0.0717. The van der Waals surface area contributed by atoms with Crippen molar-refractivity contribution in [1.82, 2.24) is 25.1 Å². The normalized spacial score (nSPS) is 16.5. The van der Waals surface area contributed by atoms with E-state index < -0.39 is 0 Å². The molecule has 5 rings (SSSR count). The molecule has 1 fully saturated rings. The van der Waals surface area contributed by atoms with E-state index in [2.05, 4.69) is 44.1 Å². The second-order valence-corrected chi connectivity index (χ2v) is 7.70. The molecule has 0 spiro atoms.